The Morgan fingerprint density at radius 1 is 1.15 bits per heavy atom. The Balaban J connectivity index is 1.50. The Morgan fingerprint density at radius 3 is 2.56 bits per heavy atom. The number of rotatable bonds is 8. The van der Waals surface area contributed by atoms with E-state index in [1.807, 2.05) is 30.9 Å². The molecule has 0 fully saturated rings. The fourth-order valence-corrected chi connectivity index (χ4v) is 5.19. The number of carbonyl (C=O) groups is 2. The smallest absolute Gasteiger partial charge is 0.290 e. The highest BCUT2D eigenvalue weighted by Gasteiger charge is 2.34. The zero-order valence-corrected chi connectivity index (χ0v) is 21.0. The van der Waals surface area contributed by atoms with Crippen molar-refractivity contribution in [3.63, 3.8) is 0 Å². The summed E-state index contributed by atoms with van der Waals surface area (Å²) in [6, 6.07) is 13.2. The molecule has 3 heterocycles. The predicted octanol–water partition coefficient (Wildman–Crippen LogP) is 5.52. The van der Waals surface area contributed by atoms with Crippen molar-refractivity contribution in [3.8, 4) is 5.75 Å². The van der Waals surface area contributed by atoms with Gasteiger partial charge >= 0.3 is 0 Å². The van der Waals surface area contributed by atoms with Gasteiger partial charge in [-0.05, 0) is 73.0 Å². The van der Waals surface area contributed by atoms with Gasteiger partial charge in [0.2, 0.25) is 5.91 Å². The summed E-state index contributed by atoms with van der Waals surface area (Å²) in [6.07, 6.45) is 2.28. The van der Waals surface area contributed by atoms with Crippen LogP contribution in [0.15, 0.2) is 58.5 Å². The van der Waals surface area contributed by atoms with Crippen LogP contribution in [0.4, 0.5) is 0 Å². The molecule has 0 radical (unpaired) electrons. The summed E-state index contributed by atoms with van der Waals surface area (Å²) in [5, 5.41) is 2.07. The molecule has 180 valence electrons. The minimum Gasteiger partial charge on any atom is -0.491 e. The predicted molar refractivity (Wildman–Crippen MR) is 133 cm³/mol. The molecule has 2 aromatic heterocycles. The Morgan fingerprint density at radius 2 is 1.91 bits per heavy atom. The van der Waals surface area contributed by atoms with Gasteiger partial charge in [0.1, 0.15) is 18.9 Å². The number of hydrogen-bond donors (Lipinski definition) is 0. The lowest BCUT2D eigenvalue weighted by Gasteiger charge is -2.37. The van der Waals surface area contributed by atoms with Crippen molar-refractivity contribution in [1.82, 2.24) is 9.80 Å². The highest BCUT2D eigenvalue weighted by atomic mass is 32.1. The summed E-state index contributed by atoms with van der Waals surface area (Å²) in [4.78, 5) is 31.2. The second kappa shape index (κ2) is 10.5. The summed E-state index contributed by atoms with van der Waals surface area (Å²) in [7, 11) is 0. The molecule has 0 saturated carbocycles. The first-order chi connectivity index (χ1) is 16.3. The topological polar surface area (TPSA) is 63.0 Å². The van der Waals surface area contributed by atoms with Gasteiger partial charge in [-0.25, -0.2) is 0 Å². The molecule has 0 spiro atoms. The van der Waals surface area contributed by atoms with E-state index in [9.17, 15) is 9.59 Å². The van der Waals surface area contributed by atoms with Crippen LogP contribution in [0, 0.1) is 0 Å². The normalized spacial score (nSPS) is 15.5. The van der Waals surface area contributed by atoms with Gasteiger partial charge in [0.25, 0.3) is 5.91 Å². The lowest BCUT2D eigenvalue weighted by molar-refractivity contribution is -0.136. The van der Waals surface area contributed by atoms with E-state index < -0.39 is 0 Å². The number of ether oxygens (including phenoxy) is 1. The maximum absolute atomic E-state index is 13.5. The van der Waals surface area contributed by atoms with Crippen molar-refractivity contribution < 1.29 is 18.7 Å². The van der Waals surface area contributed by atoms with Gasteiger partial charge in [-0.3, -0.25) is 9.59 Å². The first kappa shape index (κ1) is 24.1. The number of furan rings is 1. The first-order valence-electron chi connectivity index (χ1n) is 11.8. The van der Waals surface area contributed by atoms with Crippen LogP contribution < -0.4 is 4.74 Å². The number of carbonyl (C=O) groups excluding carboxylic acids is 2. The highest BCUT2D eigenvalue weighted by molar-refractivity contribution is 7.10. The molecule has 34 heavy (non-hydrogen) atoms. The van der Waals surface area contributed by atoms with Crippen LogP contribution in [0.2, 0.25) is 0 Å². The van der Waals surface area contributed by atoms with Crippen molar-refractivity contribution in [2.45, 2.75) is 52.1 Å². The third kappa shape index (κ3) is 5.20. The number of fused-ring (bicyclic) bond motifs is 1. The molecule has 6 nitrogen and oxygen atoms in total. The van der Waals surface area contributed by atoms with Gasteiger partial charge < -0.3 is 19.0 Å². The van der Waals surface area contributed by atoms with E-state index in [2.05, 4.69) is 37.4 Å². The Kier molecular flexibility index (Phi) is 7.41. The molecule has 1 atom stereocenters. The maximum atomic E-state index is 13.5. The summed E-state index contributed by atoms with van der Waals surface area (Å²) in [5.41, 5.74) is 2.40. The number of nitrogens with zero attached hydrogens (tertiary/aromatic N) is 2. The van der Waals surface area contributed by atoms with Crippen LogP contribution in [-0.2, 0) is 11.2 Å². The van der Waals surface area contributed by atoms with E-state index in [1.165, 1.54) is 16.7 Å². The zero-order valence-electron chi connectivity index (χ0n) is 20.2. The maximum Gasteiger partial charge on any atom is 0.290 e. The third-order valence-electron chi connectivity index (χ3n) is 6.29. The Hall–Kier alpha value is -3.06. The molecule has 1 aliphatic rings. The standard InChI is InChI=1S/C27H32N2O4S/c1-18(2)20-7-9-21(10-8-20)33-17-23-22-12-15-34-25(22)11-13-28(23)26(30)16-29(19(3)4)27(31)24-6-5-14-32-24/h5-10,12,14-15,18-19,23H,11,13,16-17H2,1-4H3/t23-/m0/s1. The first-order valence-corrected chi connectivity index (χ1v) is 12.7. The summed E-state index contributed by atoms with van der Waals surface area (Å²) in [6.45, 7) is 9.10. The number of benzene rings is 1. The second-order valence-electron chi connectivity index (χ2n) is 9.19. The van der Waals surface area contributed by atoms with Crippen molar-refractivity contribution in [1.29, 1.82) is 0 Å². The molecule has 2 amide bonds. The van der Waals surface area contributed by atoms with Crippen LogP contribution in [0.3, 0.4) is 0 Å². The van der Waals surface area contributed by atoms with Crippen LogP contribution in [0.1, 0.15) is 66.2 Å². The molecule has 0 unspecified atom stereocenters. The van der Waals surface area contributed by atoms with E-state index in [1.54, 1.807) is 28.4 Å². The van der Waals surface area contributed by atoms with Gasteiger partial charge in [-0.2, -0.15) is 0 Å². The molecular weight excluding hydrogens is 448 g/mol. The largest absolute Gasteiger partial charge is 0.491 e. The van der Waals surface area contributed by atoms with Gasteiger partial charge in [-0.15, -0.1) is 11.3 Å². The fourth-order valence-electron chi connectivity index (χ4n) is 4.27. The van der Waals surface area contributed by atoms with Crippen LogP contribution >= 0.6 is 11.3 Å². The van der Waals surface area contributed by atoms with Crippen molar-refractivity contribution in [2.24, 2.45) is 0 Å². The number of hydrogen-bond acceptors (Lipinski definition) is 5. The molecule has 1 aromatic carbocycles. The van der Waals surface area contributed by atoms with E-state index in [4.69, 9.17) is 9.15 Å². The molecule has 0 aliphatic carbocycles. The van der Waals surface area contributed by atoms with Crippen LogP contribution in [0.5, 0.6) is 5.75 Å². The van der Waals surface area contributed by atoms with Crippen molar-refractivity contribution in [3.05, 3.63) is 75.9 Å². The minimum absolute atomic E-state index is 0.00371. The van der Waals surface area contributed by atoms with E-state index >= 15 is 0 Å². The number of amides is 2. The molecule has 0 N–H and O–H groups in total. The third-order valence-corrected chi connectivity index (χ3v) is 7.29. The van der Waals surface area contributed by atoms with Gasteiger partial charge in [0.15, 0.2) is 5.76 Å². The minimum atomic E-state index is -0.278. The van der Waals surface area contributed by atoms with Gasteiger partial charge in [0.05, 0.1) is 12.3 Å². The van der Waals surface area contributed by atoms with E-state index in [-0.39, 0.29) is 36.2 Å². The lowest BCUT2D eigenvalue weighted by atomic mass is 10.00. The SMILES string of the molecule is CC(C)c1ccc(OC[C@H]2c3ccsc3CCN2C(=O)CN(C(=O)c2ccco2)C(C)C)cc1. The van der Waals surface area contributed by atoms with Crippen molar-refractivity contribution in [2.75, 3.05) is 19.7 Å². The Labute approximate surface area is 205 Å². The second-order valence-corrected chi connectivity index (χ2v) is 10.2. The van der Waals surface area contributed by atoms with E-state index in [0.29, 0.717) is 19.1 Å². The molecular formula is C27H32N2O4S. The molecule has 4 rings (SSSR count). The monoisotopic (exact) mass is 480 g/mol. The number of thiophene rings is 1. The molecule has 0 bridgehead atoms. The Bertz CT molecular complexity index is 1100. The van der Waals surface area contributed by atoms with Crippen LogP contribution in [0.25, 0.3) is 0 Å². The molecule has 7 heteroatoms. The van der Waals surface area contributed by atoms with Crippen LogP contribution in [-0.4, -0.2) is 47.4 Å². The molecule has 0 saturated heterocycles. The molecule has 3 aromatic rings. The summed E-state index contributed by atoms with van der Waals surface area (Å²) < 4.78 is 11.4. The average Bonchev–Trinajstić information content (AvgIpc) is 3.52. The van der Waals surface area contributed by atoms with Crippen molar-refractivity contribution >= 4 is 23.2 Å². The van der Waals surface area contributed by atoms with Gasteiger partial charge in [0, 0.05) is 17.5 Å². The average molecular weight is 481 g/mol. The quantitative estimate of drug-likeness (QED) is 0.426. The zero-order chi connectivity index (χ0) is 24.2. The van der Waals surface area contributed by atoms with E-state index in [0.717, 1.165) is 17.7 Å². The highest BCUT2D eigenvalue weighted by Crippen LogP contribution is 2.34. The summed E-state index contributed by atoms with van der Waals surface area (Å²) in [5.74, 6) is 1.12. The summed E-state index contributed by atoms with van der Waals surface area (Å²) >= 11 is 1.72. The lowest BCUT2D eigenvalue weighted by Crippen LogP contribution is -2.49. The van der Waals surface area contributed by atoms with Gasteiger partial charge in [-0.1, -0.05) is 26.0 Å². The molecule has 1 aliphatic heterocycles. The fraction of sp³-hybridized carbons (Fsp3) is 0.407.